The summed E-state index contributed by atoms with van der Waals surface area (Å²) in [5, 5.41) is 12.9. The summed E-state index contributed by atoms with van der Waals surface area (Å²) in [7, 11) is 1.91. The Morgan fingerprint density at radius 2 is 2.10 bits per heavy atom. The van der Waals surface area contributed by atoms with Gasteiger partial charge in [-0.1, -0.05) is 23.7 Å². The number of nitrogens with zero attached hydrogens (tertiary/aromatic N) is 3. The first kappa shape index (κ1) is 14.8. The predicted octanol–water partition coefficient (Wildman–Crippen LogP) is 2.71. The highest BCUT2D eigenvalue weighted by Gasteiger charge is 2.05. The third kappa shape index (κ3) is 3.71. The van der Waals surface area contributed by atoms with Crippen molar-refractivity contribution in [3.8, 4) is 17.3 Å². The summed E-state index contributed by atoms with van der Waals surface area (Å²) in [6, 6.07) is 13.2. The smallest absolute Gasteiger partial charge is 0.254 e. The van der Waals surface area contributed by atoms with Gasteiger partial charge < -0.3 is 4.57 Å². The van der Waals surface area contributed by atoms with Crippen LogP contribution in [0.25, 0.3) is 11.3 Å². The van der Waals surface area contributed by atoms with Crippen molar-refractivity contribution in [2.24, 2.45) is 12.1 Å². The van der Waals surface area contributed by atoms with Crippen molar-refractivity contribution in [3.63, 3.8) is 0 Å². The van der Waals surface area contributed by atoms with Crippen LogP contribution in [0.3, 0.4) is 0 Å². The number of carbonyl (C=O) groups is 1. The highest BCUT2D eigenvalue weighted by Crippen LogP contribution is 2.22. The lowest BCUT2D eigenvalue weighted by Crippen LogP contribution is -2.16. The Morgan fingerprint density at radius 3 is 2.76 bits per heavy atom. The summed E-state index contributed by atoms with van der Waals surface area (Å²) in [6.45, 7) is 0. The summed E-state index contributed by atoms with van der Waals surface area (Å²) in [4.78, 5) is 11.1. The first-order chi connectivity index (χ1) is 10.1. The van der Waals surface area contributed by atoms with Crippen LogP contribution in [0.1, 0.15) is 12.1 Å². The zero-order chi connectivity index (χ0) is 15.2. The summed E-state index contributed by atoms with van der Waals surface area (Å²) >= 11 is 5.88. The van der Waals surface area contributed by atoms with E-state index in [1.54, 1.807) is 6.07 Å². The van der Waals surface area contributed by atoms with Gasteiger partial charge in [0.25, 0.3) is 5.91 Å². The fourth-order valence-corrected chi connectivity index (χ4v) is 1.97. The summed E-state index contributed by atoms with van der Waals surface area (Å²) < 4.78 is 1.95. The third-order valence-corrected chi connectivity index (χ3v) is 3.18. The van der Waals surface area contributed by atoms with Crippen LogP contribution in [0.15, 0.2) is 41.5 Å². The molecule has 1 N–H and O–H groups in total. The minimum atomic E-state index is -0.430. The lowest BCUT2D eigenvalue weighted by Gasteiger charge is -2.05. The van der Waals surface area contributed by atoms with Crippen LogP contribution in [0.2, 0.25) is 5.02 Å². The van der Waals surface area contributed by atoms with Gasteiger partial charge in [0.1, 0.15) is 6.42 Å². The summed E-state index contributed by atoms with van der Waals surface area (Å²) in [5.74, 6) is -0.430. The van der Waals surface area contributed by atoms with E-state index in [4.69, 9.17) is 16.9 Å². The van der Waals surface area contributed by atoms with Crippen LogP contribution in [0.4, 0.5) is 0 Å². The number of hydrogen-bond donors (Lipinski definition) is 1. The molecule has 0 spiro atoms. The van der Waals surface area contributed by atoms with Crippen LogP contribution in [0.5, 0.6) is 0 Å². The number of amides is 1. The Balaban J connectivity index is 2.14. The topological polar surface area (TPSA) is 70.2 Å². The lowest BCUT2D eigenvalue weighted by molar-refractivity contribution is -0.120. The molecule has 21 heavy (non-hydrogen) atoms. The lowest BCUT2D eigenvalue weighted by atomic mass is 10.1. The SMILES string of the molecule is Cn1c(/C=N\NC(=O)CC#N)ccc1-c1ccc(Cl)cc1. The first-order valence-electron chi connectivity index (χ1n) is 6.22. The molecule has 106 valence electrons. The maximum atomic E-state index is 11.1. The van der Waals surface area contributed by atoms with Gasteiger partial charge in [-0.15, -0.1) is 0 Å². The molecule has 1 aromatic carbocycles. The predicted molar refractivity (Wildman–Crippen MR) is 81.8 cm³/mol. The van der Waals surface area contributed by atoms with Gasteiger partial charge in [0, 0.05) is 17.8 Å². The van der Waals surface area contributed by atoms with Crippen molar-refractivity contribution >= 4 is 23.7 Å². The second-order valence-corrected chi connectivity index (χ2v) is 4.77. The molecule has 0 saturated heterocycles. The van der Waals surface area contributed by atoms with E-state index in [1.807, 2.05) is 48.0 Å². The molecule has 0 aliphatic carbocycles. The normalized spacial score (nSPS) is 10.5. The van der Waals surface area contributed by atoms with Crippen LogP contribution in [-0.4, -0.2) is 16.7 Å². The molecule has 0 atom stereocenters. The van der Waals surface area contributed by atoms with Crippen molar-refractivity contribution in [2.45, 2.75) is 6.42 Å². The van der Waals surface area contributed by atoms with Crippen LogP contribution in [0, 0.1) is 11.3 Å². The molecule has 1 heterocycles. The van der Waals surface area contributed by atoms with Gasteiger partial charge in [-0.2, -0.15) is 10.4 Å². The van der Waals surface area contributed by atoms with E-state index in [9.17, 15) is 4.79 Å². The van der Waals surface area contributed by atoms with E-state index < -0.39 is 5.91 Å². The number of halogens is 1. The largest absolute Gasteiger partial charge is 0.343 e. The van der Waals surface area contributed by atoms with Gasteiger partial charge in [0.2, 0.25) is 0 Å². The van der Waals surface area contributed by atoms with Crippen molar-refractivity contribution in [1.29, 1.82) is 5.26 Å². The second kappa shape index (κ2) is 6.73. The molecule has 1 aromatic heterocycles. The maximum absolute atomic E-state index is 11.1. The van der Waals surface area contributed by atoms with Gasteiger partial charge in [0.05, 0.1) is 18.0 Å². The Hall–Kier alpha value is -2.58. The van der Waals surface area contributed by atoms with Crippen molar-refractivity contribution in [1.82, 2.24) is 9.99 Å². The molecular weight excluding hydrogens is 288 g/mol. The Kier molecular flexibility index (Phi) is 4.75. The minimum Gasteiger partial charge on any atom is -0.343 e. The molecule has 0 radical (unpaired) electrons. The van der Waals surface area contributed by atoms with Crippen LogP contribution < -0.4 is 5.43 Å². The van der Waals surface area contributed by atoms with Gasteiger partial charge in [-0.05, 0) is 29.8 Å². The number of aromatic nitrogens is 1. The Labute approximate surface area is 127 Å². The van der Waals surface area contributed by atoms with Crippen LogP contribution >= 0.6 is 11.6 Å². The molecule has 5 nitrogen and oxygen atoms in total. The molecule has 6 heteroatoms. The molecule has 2 rings (SSSR count). The van der Waals surface area contributed by atoms with E-state index in [1.165, 1.54) is 6.21 Å². The van der Waals surface area contributed by atoms with Crippen molar-refractivity contribution in [2.75, 3.05) is 0 Å². The Morgan fingerprint density at radius 1 is 1.38 bits per heavy atom. The quantitative estimate of drug-likeness (QED) is 0.696. The second-order valence-electron chi connectivity index (χ2n) is 4.34. The van der Waals surface area contributed by atoms with Gasteiger partial charge in [0.15, 0.2) is 0 Å². The molecular formula is C15H13ClN4O. The van der Waals surface area contributed by atoms with E-state index in [-0.39, 0.29) is 6.42 Å². The zero-order valence-corrected chi connectivity index (χ0v) is 12.1. The third-order valence-electron chi connectivity index (χ3n) is 2.93. The number of rotatable bonds is 4. The minimum absolute atomic E-state index is 0.208. The van der Waals surface area contributed by atoms with E-state index in [2.05, 4.69) is 10.5 Å². The fraction of sp³-hybridized carbons (Fsp3) is 0.133. The fourth-order valence-electron chi connectivity index (χ4n) is 1.85. The molecule has 2 aromatic rings. The average Bonchev–Trinajstić information content (AvgIpc) is 2.82. The van der Waals surface area contributed by atoms with Gasteiger partial charge >= 0.3 is 0 Å². The molecule has 0 fully saturated rings. The molecule has 1 amide bonds. The number of hydrogen-bond acceptors (Lipinski definition) is 3. The van der Waals surface area contributed by atoms with E-state index in [0.717, 1.165) is 17.0 Å². The monoisotopic (exact) mass is 300 g/mol. The van der Waals surface area contributed by atoms with Crippen LogP contribution in [-0.2, 0) is 11.8 Å². The van der Waals surface area contributed by atoms with Crippen molar-refractivity contribution in [3.05, 3.63) is 47.1 Å². The summed E-state index contributed by atoms with van der Waals surface area (Å²) in [6.07, 6.45) is 1.33. The molecule has 0 unspecified atom stereocenters. The van der Waals surface area contributed by atoms with Gasteiger partial charge in [-0.25, -0.2) is 5.43 Å². The number of benzene rings is 1. The van der Waals surface area contributed by atoms with Crippen molar-refractivity contribution < 1.29 is 4.79 Å². The molecule has 0 aliphatic heterocycles. The Bertz CT molecular complexity index is 710. The average molecular weight is 301 g/mol. The number of nitriles is 1. The molecule has 0 aliphatic rings. The van der Waals surface area contributed by atoms with E-state index in [0.29, 0.717) is 5.02 Å². The van der Waals surface area contributed by atoms with Gasteiger partial charge in [-0.3, -0.25) is 4.79 Å². The highest BCUT2D eigenvalue weighted by atomic mass is 35.5. The number of carbonyl (C=O) groups excluding carboxylic acids is 1. The summed E-state index contributed by atoms with van der Waals surface area (Å²) in [5.41, 5.74) is 5.17. The molecule has 0 saturated carbocycles. The number of nitrogens with one attached hydrogen (secondary N) is 1. The molecule has 0 bridgehead atoms. The highest BCUT2D eigenvalue weighted by molar-refractivity contribution is 6.30. The first-order valence-corrected chi connectivity index (χ1v) is 6.60. The maximum Gasteiger partial charge on any atom is 0.254 e. The standard InChI is InChI=1S/C15H13ClN4O/c1-20-13(10-18-19-15(21)8-9-17)6-7-14(20)11-2-4-12(16)5-3-11/h2-7,10H,8H2,1H3,(H,19,21)/b18-10-. The van der Waals surface area contributed by atoms with E-state index >= 15 is 0 Å². The number of hydrazone groups is 1. The zero-order valence-electron chi connectivity index (χ0n) is 11.4.